The van der Waals surface area contributed by atoms with Crippen LogP contribution in [0.15, 0.2) is 60.7 Å². The molecule has 0 saturated carbocycles. The molecule has 2 aromatic carbocycles. The number of hydrogen-bond donors (Lipinski definition) is 0. The second-order valence-electron chi connectivity index (χ2n) is 4.30. The third kappa shape index (κ3) is 3.96. The predicted octanol–water partition coefficient (Wildman–Crippen LogP) is 4.70. The van der Waals surface area contributed by atoms with Gasteiger partial charge in [0.2, 0.25) is 0 Å². The number of benzene rings is 2. The summed E-state index contributed by atoms with van der Waals surface area (Å²) in [6.07, 6.45) is 0.713. The zero-order chi connectivity index (χ0) is 14.3. The van der Waals surface area contributed by atoms with Gasteiger partial charge in [-0.1, -0.05) is 0 Å². The van der Waals surface area contributed by atoms with Crippen LogP contribution < -0.4 is 9.05 Å². The molecular weight excluding hydrogens is 271 g/mol. The molecule has 4 heteroatoms. The van der Waals surface area contributed by atoms with Gasteiger partial charge in [0, 0.05) is 0 Å². The summed E-state index contributed by atoms with van der Waals surface area (Å²) in [6, 6.07) is 19.4. The van der Waals surface area contributed by atoms with Crippen molar-refractivity contribution in [3.05, 3.63) is 60.7 Å². The van der Waals surface area contributed by atoms with Gasteiger partial charge in [-0.2, -0.15) is 0 Å². The SMILES string of the molecule is CCO[PH](CC)(Oc1ccccc1)Oc1ccccc1. The zero-order valence-electron chi connectivity index (χ0n) is 11.9. The normalized spacial score (nSPS) is 11.9. The molecule has 0 aliphatic carbocycles. The van der Waals surface area contributed by atoms with Crippen LogP contribution in [0, 0.1) is 0 Å². The van der Waals surface area contributed by atoms with E-state index in [9.17, 15) is 0 Å². The minimum absolute atomic E-state index is 0.569. The van der Waals surface area contributed by atoms with E-state index in [0.717, 1.165) is 11.5 Å². The molecule has 2 rings (SSSR count). The molecule has 0 aliphatic rings. The standard InChI is InChI=1S/C16H21O3P/c1-3-17-20(4-2,18-15-11-7-5-8-12-15)19-16-13-9-6-10-14-16/h5-14,20H,3-4H2,1-2H3. The van der Waals surface area contributed by atoms with Gasteiger partial charge in [-0.05, 0) is 0 Å². The van der Waals surface area contributed by atoms with Crippen LogP contribution in [0.4, 0.5) is 0 Å². The van der Waals surface area contributed by atoms with Gasteiger partial charge >= 0.3 is 120 Å². The van der Waals surface area contributed by atoms with Crippen molar-refractivity contribution in [2.75, 3.05) is 12.8 Å². The molecule has 0 N–H and O–H groups in total. The molecule has 0 atom stereocenters. The molecule has 0 radical (unpaired) electrons. The maximum absolute atomic E-state index is 6.09. The maximum atomic E-state index is 6.09. The minimum atomic E-state index is -2.75. The summed E-state index contributed by atoms with van der Waals surface area (Å²) in [5, 5.41) is 0. The molecule has 0 fully saturated rings. The fourth-order valence-electron chi connectivity index (χ4n) is 1.88. The third-order valence-electron chi connectivity index (χ3n) is 2.83. The summed E-state index contributed by atoms with van der Waals surface area (Å²) in [4.78, 5) is 0. The van der Waals surface area contributed by atoms with E-state index in [1.807, 2.05) is 74.5 Å². The molecule has 108 valence electrons. The Morgan fingerprint density at radius 2 is 1.20 bits per heavy atom. The van der Waals surface area contributed by atoms with Crippen molar-refractivity contribution >= 4 is 7.94 Å². The molecule has 0 bridgehead atoms. The first-order chi connectivity index (χ1) is 9.78. The Balaban J connectivity index is 2.20. The van der Waals surface area contributed by atoms with Crippen molar-refractivity contribution < 1.29 is 13.6 Å². The molecule has 0 heterocycles. The van der Waals surface area contributed by atoms with Crippen LogP contribution in [0.1, 0.15) is 13.8 Å². The Kier molecular flexibility index (Phi) is 5.40. The number of para-hydroxylation sites is 2. The van der Waals surface area contributed by atoms with Crippen molar-refractivity contribution in [3.8, 4) is 11.5 Å². The van der Waals surface area contributed by atoms with Crippen LogP contribution in [0.25, 0.3) is 0 Å². The first-order valence-corrected chi connectivity index (χ1v) is 8.83. The zero-order valence-corrected chi connectivity index (χ0v) is 12.9. The number of hydrogen-bond acceptors (Lipinski definition) is 3. The van der Waals surface area contributed by atoms with E-state index in [4.69, 9.17) is 13.6 Å². The van der Waals surface area contributed by atoms with E-state index in [1.54, 1.807) is 0 Å². The first kappa shape index (κ1) is 14.8. The molecule has 3 nitrogen and oxygen atoms in total. The summed E-state index contributed by atoms with van der Waals surface area (Å²) in [6.45, 7) is 4.56. The predicted molar refractivity (Wildman–Crippen MR) is 84.6 cm³/mol. The van der Waals surface area contributed by atoms with Crippen molar-refractivity contribution in [2.45, 2.75) is 13.8 Å². The van der Waals surface area contributed by atoms with Gasteiger partial charge in [-0.3, -0.25) is 0 Å². The molecule has 0 aromatic heterocycles. The van der Waals surface area contributed by atoms with Crippen molar-refractivity contribution in [3.63, 3.8) is 0 Å². The number of rotatable bonds is 7. The van der Waals surface area contributed by atoms with Gasteiger partial charge in [0.05, 0.1) is 0 Å². The Labute approximate surface area is 121 Å². The van der Waals surface area contributed by atoms with E-state index in [2.05, 4.69) is 0 Å². The van der Waals surface area contributed by atoms with Crippen LogP contribution in [0.3, 0.4) is 0 Å². The Morgan fingerprint density at radius 1 is 0.750 bits per heavy atom. The summed E-state index contributed by atoms with van der Waals surface area (Å²) < 4.78 is 18.1. The Hall–Kier alpha value is -1.57. The van der Waals surface area contributed by atoms with Gasteiger partial charge in [0.1, 0.15) is 0 Å². The molecule has 2 aromatic rings. The summed E-state index contributed by atoms with van der Waals surface area (Å²) in [7, 11) is -2.75. The second kappa shape index (κ2) is 7.28. The fraction of sp³-hybridized carbons (Fsp3) is 0.250. The molecule has 20 heavy (non-hydrogen) atoms. The van der Waals surface area contributed by atoms with Crippen molar-refractivity contribution in [2.24, 2.45) is 0 Å². The van der Waals surface area contributed by atoms with Crippen LogP contribution in [-0.4, -0.2) is 12.8 Å². The monoisotopic (exact) mass is 292 g/mol. The molecule has 0 spiro atoms. The summed E-state index contributed by atoms with van der Waals surface area (Å²) in [5.41, 5.74) is 0. The molecule has 0 unspecified atom stereocenters. The molecule has 0 aliphatic heterocycles. The van der Waals surface area contributed by atoms with E-state index < -0.39 is 7.94 Å². The van der Waals surface area contributed by atoms with Crippen molar-refractivity contribution in [1.82, 2.24) is 0 Å². The van der Waals surface area contributed by atoms with E-state index in [0.29, 0.717) is 12.8 Å². The van der Waals surface area contributed by atoms with Crippen LogP contribution in [0.2, 0.25) is 0 Å². The molecule has 0 amide bonds. The van der Waals surface area contributed by atoms with E-state index in [1.165, 1.54) is 0 Å². The van der Waals surface area contributed by atoms with Gasteiger partial charge < -0.3 is 0 Å². The average molecular weight is 292 g/mol. The molecular formula is C16H21O3P. The van der Waals surface area contributed by atoms with Gasteiger partial charge in [-0.15, -0.1) is 0 Å². The fourth-order valence-corrected chi connectivity index (χ4v) is 3.96. The van der Waals surface area contributed by atoms with E-state index in [-0.39, 0.29) is 0 Å². The quantitative estimate of drug-likeness (QED) is 0.692. The van der Waals surface area contributed by atoms with Crippen LogP contribution >= 0.6 is 7.94 Å². The van der Waals surface area contributed by atoms with Gasteiger partial charge in [-0.25, -0.2) is 0 Å². The first-order valence-electron chi connectivity index (χ1n) is 6.90. The second-order valence-corrected chi connectivity index (χ2v) is 7.07. The summed E-state index contributed by atoms with van der Waals surface area (Å²) in [5.74, 6) is 1.57. The Morgan fingerprint density at radius 3 is 1.55 bits per heavy atom. The third-order valence-corrected chi connectivity index (χ3v) is 5.52. The molecule has 0 saturated heterocycles. The van der Waals surface area contributed by atoms with Gasteiger partial charge in [0.25, 0.3) is 0 Å². The summed E-state index contributed by atoms with van der Waals surface area (Å²) >= 11 is 0. The van der Waals surface area contributed by atoms with Crippen molar-refractivity contribution in [1.29, 1.82) is 0 Å². The Bertz CT molecular complexity index is 460. The van der Waals surface area contributed by atoms with Crippen LogP contribution in [-0.2, 0) is 4.52 Å². The van der Waals surface area contributed by atoms with Gasteiger partial charge in [0.15, 0.2) is 0 Å². The van der Waals surface area contributed by atoms with E-state index >= 15 is 0 Å². The van der Waals surface area contributed by atoms with Crippen LogP contribution in [0.5, 0.6) is 11.5 Å². The topological polar surface area (TPSA) is 27.7 Å². The average Bonchev–Trinajstić information content (AvgIpc) is 2.49.